The minimum absolute atomic E-state index is 0.109. The molecule has 1 aromatic carbocycles. The van der Waals surface area contributed by atoms with Crippen LogP contribution >= 0.6 is 23.2 Å². The Kier molecular flexibility index (Phi) is 6.36. The second-order valence-electron chi connectivity index (χ2n) is 5.58. The molecule has 2 nitrogen and oxygen atoms in total. The molecule has 0 fully saturated rings. The van der Waals surface area contributed by atoms with E-state index >= 15 is 0 Å². The van der Waals surface area contributed by atoms with E-state index in [1.165, 1.54) is 0 Å². The van der Waals surface area contributed by atoms with Crippen molar-refractivity contribution in [3.05, 3.63) is 35.4 Å². The number of benzene rings is 1. The monoisotopic (exact) mass is 336 g/mol. The van der Waals surface area contributed by atoms with Gasteiger partial charge in [0.15, 0.2) is 9.84 Å². The van der Waals surface area contributed by atoms with Crippen molar-refractivity contribution in [3.8, 4) is 0 Å². The van der Waals surface area contributed by atoms with E-state index in [2.05, 4.69) is 0 Å². The second-order valence-corrected chi connectivity index (χ2v) is 8.79. The van der Waals surface area contributed by atoms with Gasteiger partial charge in [0, 0.05) is 17.2 Å². The van der Waals surface area contributed by atoms with Crippen LogP contribution in [0.4, 0.5) is 0 Å². The van der Waals surface area contributed by atoms with Crippen LogP contribution in [0.2, 0.25) is 0 Å². The fraction of sp³-hybridized carbons (Fsp3) is 0.600. The summed E-state index contributed by atoms with van der Waals surface area (Å²) in [5, 5.41) is -0.372. The lowest BCUT2D eigenvalue weighted by Gasteiger charge is -2.30. The van der Waals surface area contributed by atoms with Crippen LogP contribution in [-0.2, 0) is 15.3 Å². The van der Waals surface area contributed by atoms with Crippen molar-refractivity contribution in [2.75, 3.05) is 17.5 Å². The molecule has 0 unspecified atom stereocenters. The summed E-state index contributed by atoms with van der Waals surface area (Å²) in [7, 11) is -3.09. The summed E-state index contributed by atoms with van der Waals surface area (Å²) in [4.78, 5) is 0. The molecule has 0 N–H and O–H groups in total. The zero-order chi connectivity index (χ0) is 15.4. The van der Waals surface area contributed by atoms with Gasteiger partial charge in [-0.1, -0.05) is 29.8 Å². The lowest BCUT2D eigenvalue weighted by Crippen LogP contribution is -2.34. The maximum absolute atomic E-state index is 12.0. The van der Waals surface area contributed by atoms with Gasteiger partial charge in [0.05, 0.1) is 11.0 Å². The lowest BCUT2D eigenvalue weighted by molar-refractivity contribution is 0.509. The first-order valence-electron chi connectivity index (χ1n) is 6.68. The zero-order valence-electron chi connectivity index (χ0n) is 12.2. The molecule has 0 amide bonds. The molecule has 20 heavy (non-hydrogen) atoms. The Balaban J connectivity index is 3.05. The van der Waals surface area contributed by atoms with Crippen LogP contribution in [-0.4, -0.2) is 31.2 Å². The third-order valence-electron chi connectivity index (χ3n) is 3.73. The van der Waals surface area contributed by atoms with E-state index in [9.17, 15) is 8.42 Å². The van der Waals surface area contributed by atoms with E-state index in [4.69, 9.17) is 23.2 Å². The van der Waals surface area contributed by atoms with Crippen molar-refractivity contribution in [1.82, 2.24) is 0 Å². The van der Waals surface area contributed by atoms with Gasteiger partial charge < -0.3 is 0 Å². The molecule has 1 rings (SSSR count). The van der Waals surface area contributed by atoms with Crippen LogP contribution in [0.1, 0.15) is 31.4 Å². The first-order valence-corrected chi connectivity index (χ1v) is 9.46. The Morgan fingerprint density at radius 3 is 2.25 bits per heavy atom. The molecule has 0 saturated carbocycles. The van der Waals surface area contributed by atoms with Gasteiger partial charge in [0.25, 0.3) is 0 Å². The average molecular weight is 337 g/mol. The predicted octanol–water partition coefficient (Wildman–Crippen LogP) is 3.92. The molecule has 0 atom stereocenters. The standard InChI is InChI=1S/C15H22Cl2O2S/c1-12(2)20(18,19)8-7-15(10-16,11-17)14-6-4-5-13(3)9-14/h4-6,9,12H,7-8,10-11H2,1-3H3. The summed E-state index contributed by atoms with van der Waals surface area (Å²) in [5.74, 6) is 0.735. The predicted molar refractivity (Wildman–Crippen MR) is 87.8 cm³/mol. The van der Waals surface area contributed by atoms with E-state index in [0.29, 0.717) is 18.2 Å². The molecular formula is C15H22Cl2O2S. The van der Waals surface area contributed by atoms with Crippen molar-refractivity contribution in [3.63, 3.8) is 0 Å². The Morgan fingerprint density at radius 2 is 1.80 bits per heavy atom. The summed E-state index contributed by atoms with van der Waals surface area (Å²) < 4.78 is 24.0. The summed E-state index contributed by atoms with van der Waals surface area (Å²) in [5.41, 5.74) is 1.65. The van der Waals surface area contributed by atoms with Gasteiger partial charge in [-0.3, -0.25) is 0 Å². The summed E-state index contributed by atoms with van der Waals surface area (Å²) in [6, 6.07) is 7.96. The molecule has 0 aromatic heterocycles. The topological polar surface area (TPSA) is 34.1 Å². The van der Waals surface area contributed by atoms with Gasteiger partial charge in [0.2, 0.25) is 0 Å². The van der Waals surface area contributed by atoms with Crippen LogP contribution in [0.3, 0.4) is 0 Å². The highest BCUT2D eigenvalue weighted by Crippen LogP contribution is 2.32. The molecule has 1 aromatic rings. The summed E-state index contributed by atoms with van der Waals surface area (Å²) in [6.45, 7) is 5.40. The number of aryl methyl sites for hydroxylation is 1. The molecule has 114 valence electrons. The number of alkyl halides is 2. The normalized spacial score (nSPS) is 12.9. The molecule has 0 heterocycles. The zero-order valence-corrected chi connectivity index (χ0v) is 14.5. The highest BCUT2D eigenvalue weighted by atomic mass is 35.5. The van der Waals surface area contributed by atoms with Gasteiger partial charge in [-0.15, -0.1) is 23.2 Å². The SMILES string of the molecule is Cc1cccc(C(CCl)(CCl)CCS(=O)(=O)C(C)C)c1. The second kappa shape index (κ2) is 7.15. The molecule has 0 spiro atoms. The average Bonchev–Trinajstić information content (AvgIpc) is 2.40. The number of sulfone groups is 1. The lowest BCUT2D eigenvalue weighted by atomic mass is 9.81. The molecule has 0 radical (unpaired) electrons. The maximum atomic E-state index is 12.0. The molecule has 0 saturated heterocycles. The number of hydrogen-bond donors (Lipinski definition) is 0. The van der Waals surface area contributed by atoms with Gasteiger partial charge in [-0.2, -0.15) is 0 Å². The van der Waals surface area contributed by atoms with Crippen LogP contribution in [0.25, 0.3) is 0 Å². The van der Waals surface area contributed by atoms with E-state index < -0.39 is 15.3 Å². The largest absolute Gasteiger partial charge is 0.229 e. The molecule has 0 aliphatic heterocycles. The molecule has 0 aliphatic rings. The Labute approximate surface area is 132 Å². The van der Waals surface area contributed by atoms with Gasteiger partial charge in [0.1, 0.15) is 0 Å². The van der Waals surface area contributed by atoms with Gasteiger partial charge >= 0.3 is 0 Å². The van der Waals surface area contributed by atoms with Crippen LogP contribution in [0, 0.1) is 6.92 Å². The maximum Gasteiger partial charge on any atom is 0.152 e. The molecule has 0 bridgehead atoms. The number of hydrogen-bond acceptors (Lipinski definition) is 2. The molecular weight excluding hydrogens is 315 g/mol. The minimum atomic E-state index is -3.09. The molecule has 5 heteroatoms. The summed E-state index contributed by atoms with van der Waals surface area (Å²) in [6.07, 6.45) is 0.448. The van der Waals surface area contributed by atoms with Crippen LogP contribution in [0.5, 0.6) is 0 Å². The summed E-state index contributed by atoms with van der Waals surface area (Å²) >= 11 is 12.3. The van der Waals surface area contributed by atoms with Gasteiger partial charge in [-0.05, 0) is 32.8 Å². The van der Waals surface area contributed by atoms with Crippen molar-refractivity contribution in [1.29, 1.82) is 0 Å². The van der Waals surface area contributed by atoms with Crippen LogP contribution < -0.4 is 0 Å². The van der Waals surface area contributed by atoms with E-state index in [0.717, 1.165) is 11.1 Å². The van der Waals surface area contributed by atoms with Crippen molar-refractivity contribution < 1.29 is 8.42 Å². The van der Waals surface area contributed by atoms with Crippen molar-refractivity contribution in [2.24, 2.45) is 0 Å². The highest BCUT2D eigenvalue weighted by molar-refractivity contribution is 7.91. The smallest absolute Gasteiger partial charge is 0.152 e. The third-order valence-corrected chi connectivity index (χ3v) is 6.96. The first-order chi connectivity index (χ1) is 9.27. The van der Waals surface area contributed by atoms with Crippen molar-refractivity contribution >= 4 is 33.0 Å². The third kappa shape index (κ3) is 4.12. The van der Waals surface area contributed by atoms with E-state index in [1.807, 2.05) is 31.2 Å². The first kappa shape index (κ1) is 17.8. The highest BCUT2D eigenvalue weighted by Gasteiger charge is 2.33. The number of halogens is 2. The molecule has 0 aliphatic carbocycles. The van der Waals surface area contributed by atoms with E-state index in [-0.39, 0.29) is 11.0 Å². The quantitative estimate of drug-likeness (QED) is 0.707. The van der Waals surface area contributed by atoms with Gasteiger partial charge in [-0.25, -0.2) is 8.42 Å². The Bertz CT molecular complexity index is 535. The fourth-order valence-electron chi connectivity index (χ4n) is 2.02. The Morgan fingerprint density at radius 1 is 1.20 bits per heavy atom. The van der Waals surface area contributed by atoms with Crippen LogP contribution in [0.15, 0.2) is 24.3 Å². The minimum Gasteiger partial charge on any atom is -0.229 e. The van der Waals surface area contributed by atoms with E-state index in [1.54, 1.807) is 13.8 Å². The fourth-order valence-corrected chi connectivity index (χ4v) is 4.02. The Hall–Kier alpha value is -0.250. The van der Waals surface area contributed by atoms with Crippen molar-refractivity contribution in [2.45, 2.75) is 37.9 Å². The number of rotatable bonds is 7.